The summed E-state index contributed by atoms with van der Waals surface area (Å²) in [5, 5.41) is 10.7. The molecule has 12 heteroatoms. The molecule has 0 spiro atoms. The van der Waals surface area contributed by atoms with Gasteiger partial charge < -0.3 is 34.4 Å². The molecule has 2 heterocycles. The van der Waals surface area contributed by atoms with Crippen molar-refractivity contribution in [1.29, 1.82) is 0 Å². The summed E-state index contributed by atoms with van der Waals surface area (Å²) >= 11 is 0. The van der Waals surface area contributed by atoms with Crippen molar-refractivity contribution >= 4 is 17.4 Å². The van der Waals surface area contributed by atoms with Crippen LogP contribution in [0.15, 0.2) is 40.8 Å². The van der Waals surface area contributed by atoms with Gasteiger partial charge in [-0.05, 0) is 31.2 Å². The molecule has 4 aromatic rings. The fraction of sp³-hybridized carbons (Fsp3) is 0.250. The van der Waals surface area contributed by atoms with E-state index in [4.69, 9.17) is 29.1 Å². The highest BCUT2D eigenvalue weighted by molar-refractivity contribution is 6.05. The Morgan fingerprint density at radius 1 is 1.06 bits per heavy atom. The highest BCUT2D eigenvalue weighted by Crippen LogP contribution is 2.41. The summed E-state index contributed by atoms with van der Waals surface area (Å²) in [6.45, 7) is 1.92. The number of methoxy groups -OCH3 is 4. The molecule has 0 radical (unpaired) electrons. The third-order valence-electron chi connectivity index (χ3n) is 5.42. The van der Waals surface area contributed by atoms with Gasteiger partial charge in [0.1, 0.15) is 17.2 Å². The Morgan fingerprint density at radius 2 is 1.78 bits per heavy atom. The highest BCUT2D eigenvalue weighted by Gasteiger charge is 2.22. The van der Waals surface area contributed by atoms with Crippen LogP contribution in [-0.2, 0) is 6.54 Å². The molecule has 0 atom stereocenters. The van der Waals surface area contributed by atoms with Crippen LogP contribution in [0, 0.1) is 6.92 Å². The van der Waals surface area contributed by atoms with E-state index in [9.17, 15) is 4.79 Å². The largest absolute Gasteiger partial charge is 0.497 e. The normalized spacial score (nSPS) is 10.7. The van der Waals surface area contributed by atoms with Crippen LogP contribution < -0.4 is 30.0 Å². The van der Waals surface area contributed by atoms with E-state index in [2.05, 4.69) is 20.6 Å². The molecule has 0 saturated carbocycles. The van der Waals surface area contributed by atoms with Crippen LogP contribution in [0.5, 0.6) is 23.0 Å². The van der Waals surface area contributed by atoms with Crippen molar-refractivity contribution in [1.82, 2.24) is 20.0 Å². The van der Waals surface area contributed by atoms with E-state index < -0.39 is 5.91 Å². The minimum Gasteiger partial charge on any atom is -0.497 e. The van der Waals surface area contributed by atoms with Gasteiger partial charge in [0.25, 0.3) is 5.91 Å². The number of carbonyl (C=O) groups is 1. The molecule has 3 N–H and O–H groups in total. The summed E-state index contributed by atoms with van der Waals surface area (Å²) in [4.78, 5) is 17.3. The molecule has 0 saturated heterocycles. The summed E-state index contributed by atoms with van der Waals surface area (Å²) in [5.41, 5.74) is 7.91. The van der Waals surface area contributed by atoms with Crippen molar-refractivity contribution in [2.75, 3.05) is 39.5 Å². The van der Waals surface area contributed by atoms with Crippen LogP contribution >= 0.6 is 0 Å². The number of hydrogen-bond acceptors (Lipinski definition) is 10. The molecule has 4 rings (SSSR count). The van der Waals surface area contributed by atoms with Gasteiger partial charge in [0.05, 0.1) is 35.0 Å². The molecule has 0 fully saturated rings. The standard InChI is InChI=1S/C24H26N6O6/c1-13-17(27-24(36-13)14-9-18(33-3)21(35-5)19(10-14)34-4)12-30-22(25)20(28-29-30)23(31)26-15-7-6-8-16(11-15)32-2/h6-11H,12,25H2,1-5H3,(H,26,31). The van der Waals surface area contributed by atoms with E-state index in [1.165, 1.54) is 26.0 Å². The van der Waals surface area contributed by atoms with Crippen molar-refractivity contribution in [3.8, 4) is 34.5 Å². The monoisotopic (exact) mass is 494 g/mol. The van der Waals surface area contributed by atoms with Crippen LogP contribution in [0.1, 0.15) is 21.9 Å². The van der Waals surface area contributed by atoms with Gasteiger partial charge in [-0.2, -0.15) is 0 Å². The molecular weight excluding hydrogens is 468 g/mol. The van der Waals surface area contributed by atoms with Crippen LogP contribution in [0.2, 0.25) is 0 Å². The Bertz CT molecular complexity index is 1370. The number of aryl methyl sites for hydroxylation is 1. The van der Waals surface area contributed by atoms with Crippen LogP contribution in [-0.4, -0.2) is 54.3 Å². The quantitative estimate of drug-likeness (QED) is 0.355. The van der Waals surface area contributed by atoms with Gasteiger partial charge in [-0.3, -0.25) is 4.79 Å². The number of amides is 1. The Labute approximate surface area is 206 Å². The first-order chi connectivity index (χ1) is 17.4. The number of nitrogens with two attached hydrogens (primary N) is 1. The third-order valence-corrected chi connectivity index (χ3v) is 5.42. The summed E-state index contributed by atoms with van der Waals surface area (Å²) in [6.07, 6.45) is 0. The average Bonchev–Trinajstić information content (AvgIpc) is 3.45. The smallest absolute Gasteiger partial charge is 0.280 e. The second-order valence-electron chi connectivity index (χ2n) is 7.60. The van der Waals surface area contributed by atoms with Crippen LogP contribution in [0.3, 0.4) is 0 Å². The molecule has 2 aromatic carbocycles. The lowest BCUT2D eigenvalue weighted by atomic mass is 10.2. The molecule has 0 aliphatic rings. The molecule has 188 valence electrons. The Kier molecular flexibility index (Phi) is 6.95. The van der Waals surface area contributed by atoms with Gasteiger partial charge in [0.2, 0.25) is 11.6 Å². The molecule has 36 heavy (non-hydrogen) atoms. The van der Waals surface area contributed by atoms with E-state index >= 15 is 0 Å². The topological polar surface area (TPSA) is 149 Å². The molecular formula is C24H26N6O6. The summed E-state index contributed by atoms with van der Waals surface area (Å²) in [6, 6.07) is 10.4. The lowest BCUT2D eigenvalue weighted by Crippen LogP contribution is -2.15. The second kappa shape index (κ2) is 10.3. The molecule has 0 unspecified atom stereocenters. The molecule has 0 aliphatic carbocycles. The van der Waals surface area contributed by atoms with Gasteiger partial charge in [-0.1, -0.05) is 11.3 Å². The number of anilines is 2. The predicted octanol–water partition coefficient (Wildman–Crippen LogP) is 3.16. The maximum absolute atomic E-state index is 12.7. The number of oxazole rings is 1. The first kappa shape index (κ1) is 24.4. The average molecular weight is 495 g/mol. The van der Waals surface area contributed by atoms with Crippen molar-refractivity contribution in [3.05, 3.63) is 53.5 Å². The number of hydrogen-bond donors (Lipinski definition) is 2. The molecule has 1 amide bonds. The summed E-state index contributed by atoms with van der Waals surface area (Å²) in [5.74, 6) is 2.49. The molecule has 2 aromatic heterocycles. The van der Waals surface area contributed by atoms with Crippen molar-refractivity contribution in [2.24, 2.45) is 0 Å². The van der Waals surface area contributed by atoms with E-state index in [1.807, 2.05) is 0 Å². The van der Waals surface area contributed by atoms with Crippen molar-refractivity contribution in [3.63, 3.8) is 0 Å². The van der Waals surface area contributed by atoms with E-state index in [-0.39, 0.29) is 18.1 Å². The number of ether oxygens (including phenoxy) is 4. The number of rotatable bonds is 9. The number of nitrogens with zero attached hydrogens (tertiary/aromatic N) is 4. The number of benzene rings is 2. The third kappa shape index (κ3) is 4.73. The zero-order valence-electron chi connectivity index (χ0n) is 20.5. The van der Waals surface area contributed by atoms with Gasteiger partial charge in [-0.15, -0.1) is 5.10 Å². The van der Waals surface area contributed by atoms with E-state index in [1.54, 1.807) is 50.4 Å². The maximum Gasteiger partial charge on any atom is 0.280 e. The van der Waals surface area contributed by atoms with Crippen molar-refractivity contribution < 1.29 is 28.2 Å². The second-order valence-corrected chi connectivity index (χ2v) is 7.60. The number of aromatic nitrogens is 4. The SMILES string of the molecule is COc1cccc(NC(=O)c2nnn(Cc3nc(-c4cc(OC)c(OC)c(OC)c4)oc3C)c2N)c1. The number of carbonyl (C=O) groups excluding carboxylic acids is 1. The summed E-state index contributed by atoms with van der Waals surface area (Å²) in [7, 11) is 6.14. The minimum atomic E-state index is -0.498. The van der Waals surface area contributed by atoms with Gasteiger partial charge in [-0.25, -0.2) is 9.67 Å². The zero-order chi connectivity index (χ0) is 25.8. The Balaban J connectivity index is 1.56. The van der Waals surface area contributed by atoms with E-state index in [0.717, 1.165) is 0 Å². The van der Waals surface area contributed by atoms with Gasteiger partial charge in [0.15, 0.2) is 23.0 Å². The number of nitrogens with one attached hydrogen (secondary N) is 1. The lowest BCUT2D eigenvalue weighted by Gasteiger charge is -2.12. The molecule has 0 bridgehead atoms. The highest BCUT2D eigenvalue weighted by atomic mass is 16.5. The first-order valence-corrected chi connectivity index (χ1v) is 10.8. The first-order valence-electron chi connectivity index (χ1n) is 10.8. The van der Waals surface area contributed by atoms with Crippen molar-refractivity contribution in [2.45, 2.75) is 13.5 Å². The van der Waals surface area contributed by atoms with Crippen LogP contribution in [0.4, 0.5) is 11.5 Å². The number of nitrogen functional groups attached to an aromatic ring is 1. The fourth-order valence-corrected chi connectivity index (χ4v) is 3.53. The fourth-order valence-electron chi connectivity index (χ4n) is 3.53. The minimum absolute atomic E-state index is 0.0104. The zero-order valence-corrected chi connectivity index (χ0v) is 20.5. The van der Waals surface area contributed by atoms with E-state index in [0.29, 0.717) is 51.6 Å². The van der Waals surface area contributed by atoms with Crippen LogP contribution in [0.25, 0.3) is 11.5 Å². The Morgan fingerprint density at radius 3 is 2.42 bits per heavy atom. The molecule has 12 nitrogen and oxygen atoms in total. The maximum atomic E-state index is 12.7. The lowest BCUT2D eigenvalue weighted by molar-refractivity contribution is 0.102. The van der Waals surface area contributed by atoms with Gasteiger partial charge in [0, 0.05) is 17.3 Å². The molecule has 0 aliphatic heterocycles. The summed E-state index contributed by atoms with van der Waals surface area (Å²) < 4.78 is 28.6. The van der Waals surface area contributed by atoms with Gasteiger partial charge >= 0.3 is 0 Å². The predicted molar refractivity (Wildman–Crippen MR) is 131 cm³/mol. The Hall–Kier alpha value is -4.74.